The molecule has 1 aliphatic heterocycles. The van der Waals surface area contributed by atoms with Crippen molar-refractivity contribution in [1.82, 2.24) is 0 Å². The number of anilines is 2. The normalized spacial score (nSPS) is 13.6. The van der Waals surface area contributed by atoms with Gasteiger partial charge in [0.2, 0.25) is 5.91 Å². The minimum absolute atomic E-state index is 0.00895. The Labute approximate surface area is 161 Å². The highest BCUT2D eigenvalue weighted by atomic mass is 32.2. The molecule has 9 heteroatoms. The summed E-state index contributed by atoms with van der Waals surface area (Å²) in [4.78, 5) is 26.2. The summed E-state index contributed by atoms with van der Waals surface area (Å²) in [6.07, 6.45) is 0. The average Bonchev–Trinajstić information content (AvgIpc) is 2.66. The van der Waals surface area contributed by atoms with Crippen molar-refractivity contribution >= 4 is 45.0 Å². The molecule has 0 spiro atoms. The molecule has 2 aromatic rings. The second kappa shape index (κ2) is 7.61. The fourth-order valence-corrected chi connectivity index (χ4v) is 4.83. The molecule has 1 aliphatic rings. The Morgan fingerprint density at radius 3 is 2.63 bits per heavy atom. The van der Waals surface area contributed by atoms with Gasteiger partial charge in [0, 0.05) is 24.1 Å². The number of hydrogen-bond donors (Lipinski definition) is 1. The molecule has 1 N–H and O–H groups in total. The molecule has 0 saturated carbocycles. The predicted octanol–water partition coefficient (Wildman–Crippen LogP) is 2.73. The summed E-state index contributed by atoms with van der Waals surface area (Å²) in [5, 5.41) is 0. The van der Waals surface area contributed by atoms with Gasteiger partial charge in [-0.1, -0.05) is 12.1 Å². The smallest absolute Gasteiger partial charge is 0.339 e. The number of esters is 1. The van der Waals surface area contributed by atoms with Crippen LogP contribution in [0.25, 0.3) is 0 Å². The summed E-state index contributed by atoms with van der Waals surface area (Å²) in [6.45, 7) is 1.97. The van der Waals surface area contributed by atoms with E-state index in [0.717, 1.165) is 10.6 Å². The first kappa shape index (κ1) is 19.2. The van der Waals surface area contributed by atoms with Crippen LogP contribution in [-0.2, 0) is 19.6 Å². The van der Waals surface area contributed by atoms with Gasteiger partial charge < -0.3 is 9.64 Å². The van der Waals surface area contributed by atoms with Gasteiger partial charge >= 0.3 is 5.97 Å². The van der Waals surface area contributed by atoms with E-state index in [1.807, 2.05) is 0 Å². The minimum Gasteiger partial charge on any atom is -0.465 e. The number of nitrogens with one attached hydrogen (secondary N) is 1. The number of rotatable bonds is 4. The minimum atomic E-state index is -3.97. The first-order valence-corrected chi connectivity index (χ1v) is 10.6. The molecule has 142 valence electrons. The molecule has 0 unspecified atom stereocenters. The van der Waals surface area contributed by atoms with Crippen LogP contribution in [0.3, 0.4) is 0 Å². The fourth-order valence-electron chi connectivity index (χ4n) is 2.76. The second-order valence-electron chi connectivity index (χ2n) is 5.79. The summed E-state index contributed by atoms with van der Waals surface area (Å²) >= 11 is 1.57. The number of hydrogen-bond acceptors (Lipinski definition) is 6. The van der Waals surface area contributed by atoms with E-state index in [9.17, 15) is 18.0 Å². The molecule has 0 aliphatic carbocycles. The summed E-state index contributed by atoms with van der Waals surface area (Å²) < 4.78 is 32.8. The molecule has 7 nitrogen and oxygen atoms in total. The average molecular weight is 406 g/mol. The van der Waals surface area contributed by atoms with E-state index in [4.69, 9.17) is 4.74 Å². The van der Waals surface area contributed by atoms with Gasteiger partial charge in [-0.15, -0.1) is 11.8 Å². The van der Waals surface area contributed by atoms with Gasteiger partial charge in [-0.3, -0.25) is 9.52 Å². The molecule has 3 rings (SSSR count). The fraction of sp³-hybridized carbons (Fsp3) is 0.222. The molecule has 27 heavy (non-hydrogen) atoms. The standard InChI is InChI=1S/C18H18N2O5S2/c1-12(21)20-9-10-26-17-8-7-13(11-16(17)20)27(23,24)19-15-6-4-3-5-14(15)18(22)25-2/h3-8,11,19H,9-10H2,1-2H3. The van der Waals surface area contributed by atoms with Gasteiger partial charge in [0.1, 0.15) is 0 Å². The third-order valence-corrected chi connectivity index (χ3v) is 6.47. The summed E-state index contributed by atoms with van der Waals surface area (Å²) in [5.41, 5.74) is 0.810. The number of para-hydroxylation sites is 1. The summed E-state index contributed by atoms with van der Waals surface area (Å²) in [6, 6.07) is 10.8. The van der Waals surface area contributed by atoms with Crippen molar-refractivity contribution in [2.24, 2.45) is 0 Å². The monoisotopic (exact) mass is 406 g/mol. The number of carbonyl (C=O) groups is 2. The zero-order chi connectivity index (χ0) is 19.6. The van der Waals surface area contributed by atoms with E-state index in [1.165, 1.54) is 38.3 Å². The zero-order valence-electron chi connectivity index (χ0n) is 14.8. The highest BCUT2D eigenvalue weighted by molar-refractivity contribution is 7.99. The summed E-state index contributed by atoms with van der Waals surface area (Å²) in [7, 11) is -2.74. The van der Waals surface area contributed by atoms with Crippen molar-refractivity contribution < 1.29 is 22.7 Å². The highest BCUT2D eigenvalue weighted by Gasteiger charge is 2.25. The van der Waals surface area contributed by atoms with Gasteiger partial charge in [0.15, 0.2) is 0 Å². The number of nitrogens with zero attached hydrogens (tertiary/aromatic N) is 1. The quantitative estimate of drug-likeness (QED) is 0.785. The van der Waals surface area contributed by atoms with Crippen LogP contribution in [0.5, 0.6) is 0 Å². The van der Waals surface area contributed by atoms with Gasteiger partial charge in [0.25, 0.3) is 10.0 Å². The van der Waals surface area contributed by atoms with Crippen molar-refractivity contribution in [2.45, 2.75) is 16.7 Å². The molecule has 1 amide bonds. The van der Waals surface area contributed by atoms with Crippen LogP contribution in [0.1, 0.15) is 17.3 Å². The van der Waals surface area contributed by atoms with Crippen molar-refractivity contribution in [2.75, 3.05) is 29.0 Å². The lowest BCUT2D eigenvalue weighted by Crippen LogP contribution is -2.33. The maximum absolute atomic E-state index is 12.9. The van der Waals surface area contributed by atoms with Crippen molar-refractivity contribution in [3.05, 3.63) is 48.0 Å². The Bertz CT molecular complexity index is 1000. The molecule has 0 saturated heterocycles. The van der Waals surface area contributed by atoms with Crippen LogP contribution < -0.4 is 9.62 Å². The third kappa shape index (κ3) is 3.93. The molecule has 0 fully saturated rings. The SMILES string of the molecule is COC(=O)c1ccccc1NS(=O)(=O)c1ccc2c(c1)N(C(C)=O)CCS2. The van der Waals surface area contributed by atoms with Crippen LogP contribution in [0.15, 0.2) is 52.3 Å². The van der Waals surface area contributed by atoms with E-state index in [-0.39, 0.29) is 22.1 Å². The lowest BCUT2D eigenvalue weighted by molar-refractivity contribution is -0.116. The Morgan fingerprint density at radius 1 is 1.19 bits per heavy atom. The highest BCUT2D eigenvalue weighted by Crippen LogP contribution is 2.36. The topological polar surface area (TPSA) is 92.8 Å². The van der Waals surface area contributed by atoms with Crippen LogP contribution in [0.4, 0.5) is 11.4 Å². The van der Waals surface area contributed by atoms with E-state index in [2.05, 4.69) is 4.72 Å². The Morgan fingerprint density at radius 2 is 1.93 bits per heavy atom. The van der Waals surface area contributed by atoms with E-state index in [0.29, 0.717) is 12.2 Å². The molecule has 0 aromatic heterocycles. The number of ether oxygens (including phenoxy) is 1. The second-order valence-corrected chi connectivity index (χ2v) is 8.61. The molecular formula is C18H18N2O5S2. The summed E-state index contributed by atoms with van der Waals surface area (Å²) in [5.74, 6) is -0.0309. The Kier molecular flexibility index (Phi) is 5.43. The van der Waals surface area contributed by atoms with E-state index >= 15 is 0 Å². The van der Waals surface area contributed by atoms with Crippen molar-refractivity contribution in [3.63, 3.8) is 0 Å². The van der Waals surface area contributed by atoms with Crippen LogP contribution in [0.2, 0.25) is 0 Å². The zero-order valence-corrected chi connectivity index (χ0v) is 16.4. The van der Waals surface area contributed by atoms with Crippen LogP contribution >= 0.6 is 11.8 Å². The molecule has 1 heterocycles. The van der Waals surface area contributed by atoms with Crippen molar-refractivity contribution in [1.29, 1.82) is 0 Å². The molecule has 0 radical (unpaired) electrons. The number of fused-ring (bicyclic) bond motifs is 1. The third-order valence-electron chi connectivity index (χ3n) is 4.06. The van der Waals surface area contributed by atoms with Crippen LogP contribution in [-0.4, -0.2) is 39.7 Å². The largest absolute Gasteiger partial charge is 0.465 e. The van der Waals surface area contributed by atoms with Crippen molar-refractivity contribution in [3.8, 4) is 0 Å². The van der Waals surface area contributed by atoms with Gasteiger partial charge in [0.05, 0.1) is 28.9 Å². The van der Waals surface area contributed by atoms with Crippen LogP contribution in [0, 0.1) is 0 Å². The predicted molar refractivity (Wildman–Crippen MR) is 104 cm³/mol. The molecule has 2 aromatic carbocycles. The Hall–Kier alpha value is -2.52. The van der Waals surface area contributed by atoms with E-state index in [1.54, 1.807) is 34.9 Å². The maximum atomic E-state index is 12.9. The number of carbonyl (C=O) groups excluding carboxylic acids is 2. The van der Waals surface area contributed by atoms with E-state index < -0.39 is 16.0 Å². The van der Waals surface area contributed by atoms with Gasteiger partial charge in [-0.05, 0) is 30.3 Å². The van der Waals surface area contributed by atoms with Gasteiger partial charge in [-0.2, -0.15) is 0 Å². The van der Waals surface area contributed by atoms with Gasteiger partial charge in [-0.25, -0.2) is 13.2 Å². The molecule has 0 bridgehead atoms. The first-order valence-electron chi connectivity index (χ1n) is 8.08. The molecule has 0 atom stereocenters. The number of sulfonamides is 1. The first-order chi connectivity index (χ1) is 12.8. The lowest BCUT2D eigenvalue weighted by atomic mass is 10.2. The molecular weight excluding hydrogens is 388 g/mol. The number of thioether (sulfide) groups is 1. The lowest BCUT2D eigenvalue weighted by Gasteiger charge is -2.28. The maximum Gasteiger partial charge on any atom is 0.339 e. The Balaban J connectivity index is 1.99. The number of amides is 1. The number of methoxy groups -OCH3 is 1. The number of benzene rings is 2.